The highest BCUT2D eigenvalue weighted by Gasteiger charge is 2.25. The molecule has 2 aromatic heterocycles. The van der Waals surface area contributed by atoms with Gasteiger partial charge < -0.3 is 0 Å². The van der Waals surface area contributed by atoms with Crippen LogP contribution in [-0.4, -0.2) is 20.1 Å². The van der Waals surface area contributed by atoms with Gasteiger partial charge >= 0.3 is 11.0 Å². The molecule has 6 heteroatoms. The molecule has 5 nitrogen and oxygen atoms in total. The predicted molar refractivity (Wildman–Crippen MR) is 93.5 cm³/mol. The maximum atomic E-state index is 4.46. The van der Waals surface area contributed by atoms with Gasteiger partial charge in [0.25, 0.3) is 0 Å². The van der Waals surface area contributed by atoms with E-state index < -0.39 is 0 Å². The third-order valence-electron chi connectivity index (χ3n) is 3.68. The van der Waals surface area contributed by atoms with Crippen LogP contribution < -0.4 is 4.68 Å². The Bertz CT molecular complexity index is 954. The second kappa shape index (κ2) is 5.98. The lowest BCUT2D eigenvalue weighted by atomic mass is 10.1. The summed E-state index contributed by atoms with van der Waals surface area (Å²) in [5.74, 6) is 0.778. The fourth-order valence-corrected chi connectivity index (χ4v) is 3.39. The van der Waals surface area contributed by atoms with Crippen molar-refractivity contribution in [1.82, 2.24) is 20.1 Å². The van der Waals surface area contributed by atoms with Gasteiger partial charge in [-0.2, -0.15) is 0 Å². The van der Waals surface area contributed by atoms with E-state index in [1.807, 2.05) is 40.4 Å². The number of para-hydroxylation sites is 1. The quantitative estimate of drug-likeness (QED) is 0.540. The Morgan fingerprint density at radius 3 is 2.42 bits per heavy atom. The molecular weight excluding hydrogens is 318 g/mol. The van der Waals surface area contributed by atoms with Crippen LogP contribution in [0.4, 0.5) is 0 Å². The first-order valence-corrected chi connectivity index (χ1v) is 8.52. The summed E-state index contributed by atoms with van der Waals surface area (Å²) in [5.41, 5.74) is 4.37. The molecule has 0 saturated heterocycles. The molecule has 0 N–H and O–H groups in total. The number of nitrogens with zero attached hydrogens (tertiary/aromatic N) is 5. The maximum Gasteiger partial charge on any atom is 0.313 e. The number of aromatic nitrogens is 5. The Morgan fingerprint density at radius 2 is 1.75 bits per heavy atom. The maximum absolute atomic E-state index is 4.46. The first kappa shape index (κ1) is 14.7. The van der Waals surface area contributed by atoms with Gasteiger partial charge in [-0.3, -0.25) is 0 Å². The summed E-state index contributed by atoms with van der Waals surface area (Å²) in [6.45, 7) is 4.18. The average molecular weight is 334 g/mol. The summed E-state index contributed by atoms with van der Waals surface area (Å²) in [7, 11) is 0. The molecule has 2 heterocycles. The van der Waals surface area contributed by atoms with E-state index in [0.29, 0.717) is 0 Å². The largest absolute Gasteiger partial charge is 0.313 e. The number of benzene rings is 2. The Labute approximate surface area is 143 Å². The second-order valence-electron chi connectivity index (χ2n) is 5.64. The van der Waals surface area contributed by atoms with E-state index >= 15 is 0 Å². The van der Waals surface area contributed by atoms with E-state index in [4.69, 9.17) is 0 Å². The molecular formula is C18H16N5S+. The SMILES string of the molecule is Cc1cc(C)cc(-c2nnn(-c3ccccc3)[n+]2-c2nccs2)c1. The van der Waals surface area contributed by atoms with Crippen LogP contribution in [0.1, 0.15) is 11.1 Å². The van der Waals surface area contributed by atoms with E-state index in [9.17, 15) is 0 Å². The fourth-order valence-electron chi connectivity index (χ4n) is 2.76. The fraction of sp³-hybridized carbons (Fsp3) is 0.111. The molecule has 4 rings (SSSR count). The molecule has 0 spiro atoms. The monoisotopic (exact) mass is 334 g/mol. The van der Waals surface area contributed by atoms with E-state index in [0.717, 1.165) is 22.2 Å². The predicted octanol–water partition coefficient (Wildman–Crippen LogP) is 3.28. The highest BCUT2D eigenvalue weighted by molar-refractivity contribution is 7.11. The summed E-state index contributed by atoms with van der Waals surface area (Å²) < 4.78 is 1.95. The van der Waals surface area contributed by atoms with Crippen molar-refractivity contribution in [3.63, 3.8) is 0 Å². The Hall–Kier alpha value is -2.86. The molecule has 0 radical (unpaired) electrons. The van der Waals surface area contributed by atoms with Crippen LogP contribution in [0, 0.1) is 13.8 Å². The molecule has 0 fully saturated rings. The number of thiazole rings is 1. The zero-order valence-corrected chi connectivity index (χ0v) is 14.2. The van der Waals surface area contributed by atoms with Gasteiger partial charge in [0.1, 0.15) is 10.9 Å². The number of hydrogen-bond donors (Lipinski definition) is 0. The number of tetrazole rings is 1. The average Bonchev–Trinajstić information content (AvgIpc) is 3.24. The van der Waals surface area contributed by atoms with E-state index in [1.54, 1.807) is 22.3 Å². The molecule has 2 aromatic carbocycles. The van der Waals surface area contributed by atoms with Gasteiger partial charge in [0.05, 0.1) is 11.3 Å². The van der Waals surface area contributed by atoms with E-state index in [-0.39, 0.29) is 0 Å². The number of rotatable bonds is 3. The molecule has 0 aliphatic rings. The van der Waals surface area contributed by atoms with E-state index in [1.165, 1.54) is 11.1 Å². The van der Waals surface area contributed by atoms with E-state index in [2.05, 4.69) is 47.3 Å². The van der Waals surface area contributed by atoms with Crippen molar-refractivity contribution in [2.45, 2.75) is 13.8 Å². The molecule has 118 valence electrons. The smallest absolute Gasteiger partial charge is 0.130 e. The molecule has 0 aliphatic carbocycles. The zero-order valence-electron chi connectivity index (χ0n) is 13.4. The van der Waals surface area contributed by atoms with Crippen LogP contribution in [0.2, 0.25) is 0 Å². The minimum Gasteiger partial charge on any atom is -0.130 e. The molecule has 0 aliphatic heterocycles. The van der Waals surface area contributed by atoms with Crippen LogP contribution in [-0.2, 0) is 0 Å². The van der Waals surface area contributed by atoms with Crippen molar-refractivity contribution in [2.24, 2.45) is 0 Å². The first-order chi connectivity index (χ1) is 11.7. The Morgan fingerprint density at radius 1 is 1.00 bits per heavy atom. The van der Waals surface area contributed by atoms with Gasteiger partial charge in [-0.1, -0.05) is 51.4 Å². The first-order valence-electron chi connectivity index (χ1n) is 7.64. The van der Waals surface area contributed by atoms with Crippen molar-refractivity contribution in [1.29, 1.82) is 0 Å². The highest BCUT2D eigenvalue weighted by atomic mass is 32.1. The molecule has 0 bridgehead atoms. The van der Waals surface area contributed by atoms with Crippen LogP contribution in [0.3, 0.4) is 0 Å². The molecule has 0 amide bonds. The number of hydrogen-bond acceptors (Lipinski definition) is 4. The van der Waals surface area contributed by atoms with Crippen LogP contribution in [0.5, 0.6) is 0 Å². The zero-order chi connectivity index (χ0) is 16.5. The topological polar surface area (TPSA) is 47.5 Å². The number of aryl methyl sites for hydroxylation is 2. The molecule has 4 aromatic rings. The lowest BCUT2D eigenvalue weighted by Gasteiger charge is -2.04. The van der Waals surface area contributed by atoms with Gasteiger partial charge in [-0.25, -0.2) is 0 Å². The van der Waals surface area contributed by atoms with Crippen molar-refractivity contribution in [3.8, 4) is 22.2 Å². The van der Waals surface area contributed by atoms with Crippen molar-refractivity contribution in [2.75, 3.05) is 0 Å². The van der Waals surface area contributed by atoms with Crippen molar-refractivity contribution < 1.29 is 4.68 Å². The summed E-state index contributed by atoms with van der Waals surface area (Å²) in [6.07, 6.45) is 1.79. The highest BCUT2D eigenvalue weighted by Crippen LogP contribution is 2.20. The normalized spacial score (nSPS) is 10.9. The van der Waals surface area contributed by atoms with Crippen molar-refractivity contribution in [3.05, 3.63) is 71.2 Å². The minimum atomic E-state index is 0.778. The lowest BCUT2D eigenvalue weighted by molar-refractivity contribution is -0.669. The molecule has 24 heavy (non-hydrogen) atoms. The van der Waals surface area contributed by atoms with Gasteiger partial charge in [-0.15, -0.1) is 4.98 Å². The second-order valence-corrected chi connectivity index (χ2v) is 6.51. The molecule has 0 atom stereocenters. The third-order valence-corrected chi connectivity index (χ3v) is 4.43. The van der Waals surface area contributed by atoms with Crippen LogP contribution >= 0.6 is 11.3 Å². The molecule has 0 unspecified atom stereocenters. The summed E-state index contributed by atoms with van der Waals surface area (Å²) in [5, 5.41) is 11.6. The summed E-state index contributed by atoms with van der Waals surface area (Å²) in [6, 6.07) is 16.4. The van der Waals surface area contributed by atoms with Gasteiger partial charge in [0.2, 0.25) is 0 Å². The van der Waals surface area contributed by atoms with Gasteiger partial charge in [-0.05, 0) is 42.9 Å². The minimum absolute atomic E-state index is 0.778. The van der Waals surface area contributed by atoms with Gasteiger partial charge in [0.15, 0.2) is 0 Å². The summed E-state index contributed by atoms with van der Waals surface area (Å²) >= 11 is 1.56. The van der Waals surface area contributed by atoms with Crippen LogP contribution in [0.25, 0.3) is 22.2 Å². The standard InChI is InChI=1S/C18H16N5S/c1-13-10-14(2)12-15(11-13)17-20-21-23(16-6-4-3-5-7-16)22(17)18-19-8-9-24-18/h3-12H,1-2H3/q+1. The van der Waals surface area contributed by atoms with Gasteiger partial charge in [0, 0.05) is 10.9 Å². The Balaban J connectivity index is 1.97. The summed E-state index contributed by atoms with van der Waals surface area (Å²) in [4.78, 5) is 6.24. The van der Waals surface area contributed by atoms with Crippen molar-refractivity contribution >= 4 is 11.3 Å². The third kappa shape index (κ3) is 2.61. The lowest BCUT2D eigenvalue weighted by Crippen LogP contribution is -2.42. The van der Waals surface area contributed by atoms with Crippen LogP contribution in [0.15, 0.2) is 60.1 Å². The Kier molecular flexibility index (Phi) is 3.66. The molecule has 0 saturated carbocycles.